The Hall–Kier alpha value is -0.470. The van der Waals surface area contributed by atoms with Crippen LogP contribution in [0.3, 0.4) is 0 Å². The minimum atomic E-state index is 0.999. The molecule has 0 aromatic heterocycles. The molecule has 1 aromatic rings. The molecule has 1 nitrogen and oxygen atoms in total. The van der Waals surface area contributed by atoms with Crippen LogP contribution < -0.4 is 0 Å². The zero-order chi connectivity index (χ0) is 10.2. The Morgan fingerprint density at radius 3 is 2.50 bits per heavy atom. The molecule has 0 spiro atoms. The molecule has 0 saturated carbocycles. The molecule has 1 rings (SSSR count). The molecule has 0 heterocycles. The standard InChI is InChI=1S/C12H19NS/c1-13(9-5-6-10-14)11-12-7-3-2-4-8-12/h2-4,7-8,14H,5-6,9-11H2,1H3. The van der Waals surface area contributed by atoms with Crippen molar-refractivity contribution < 1.29 is 0 Å². The third kappa shape index (κ3) is 4.68. The highest BCUT2D eigenvalue weighted by Crippen LogP contribution is 2.03. The molecule has 0 radical (unpaired) electrons. The number of rotatable bonds is 6. The summed E-state index contributed by atoms with van der Waals surface area (Å²) in [4.78, 5) is 2.36. The average molecular weight is 209 g/mol. The number of benzene rings is 1. The predicted molar refractivity (Wildman–Crippen MR) is 65.9 cm³/mol. The summed E-state index contributed by atoms with van der Waals surface area (Å²) in [6.45, 7) is 2.21. The van der Waals surface area contributed by atoms with E-state index in [0.717, 1.165) is 18.8 Å². The van der Waals surface area contributed by atoms with Crippen molar-refractivity contribution in [1.29, 1.82) is 0 Å². The van der Waals surface area contributed by atoms with Gasteiger partial charge in [0.25, 0.3) is 0 Å². The summed E-state index contributed by atoms with van der Waals surface area (Å²) < 4.78 is 0. The smallest absolute Gasteiger partial charge is 0.0230 e. The van der Waals surface area contributed by atoms with Crippen molar-refractivity contribution in [3.8, 4) is 0 Å². The van der Waals surface area contributed by atoms with Crippen LogP contribution in [0.4, 0.5) is 0 Å². The topological polar surface area (TPSA) is 3.24 Å². The molecule has 0 fully saturated rings. The van der Waals surface area contributed by atoms with Crippen LogP contribution in [0.15, 0.2) is 30.3 Å². The van der Waals surface area contributed by atoms with Crippen LogP contribution in [0.2, 0.25) is 0 Å². The molecule has 0 saturated heterocycles. The monoisotopic (exact) mass is 209 g/mol. The Labute approximate surface area is 92.5 Å². The predicted octanol–water partition coefficient (Wildman–Crippen LogP) is 2.83. The Kier molecular flexibility index (Phi) is 5.72. The van der Waals surface area contributed by atoms with Gasteiger partial charge >= 0.3 is 0 Å². The molecule has 1 aromatic carbocycles. The summed E-state index contributed by atoms with van der Waals surface area (Å²) in [6, 6.07) is 10.6. The normalized spacial score (nSPS) is 10.8. The Bertz CT molecular complexity index is 235. The van der Waals surface area contributed by atoms with E-state index in [0.29, 0.717) is 0 Å². The van der Waals surface area contributed by atoms with E-state index in [4.69, 9.17) is 0 Å². The second kappa shape index (κ2) is 6.91. The van der Waals surface area contributed by atoms with Gasteiger partial charge in [-0.25, -0.2) is 0 Å². The van der Waals surface area contributed by atoms with Crippen molar-refractivity contribution in [3.63, 3.8) is 0 Å². The van der Waals surface area contributed by atoms with Gasteiger partial charge in [-0.2, -0.15) is 12.6 Å². The number of unbranched alkanes of at least 4 members (excludes halogenated alkanes) is 1. The van der Waals surface area contributed by atoms with Gasteiger partial charge in [-0.05, 0) is 37.8 Å². The third-order valence-electron chi connectivity index (χ3n) is 2.24. The lowest BCUT2D eigenvalue weighted by Crippen LogP contribution is -2.19. The van der Waals surface area contributed by atoms with E-state index in [1.165, 1.54) is 18.4 Å². The van der Waals surface area contributed by atoms with Crippen LogP contribution in [-0.4, -0.2) is 24.2 Å². The average Bonchev–Trinajstić information content (AvgIpc) is 2.20. The second-order valence-corrected chi connectivity index (χ2v) is 4.10. The summed E-state index contributed by atoms with van der Waals surface area (Å²) in [5, 5.41) is 0. The Morgan fingerprint density at radius 2 is 1.86 bits per heavy atom. The molecule has 0 aliphatic heterocycles. The number of thiol groups is 1. The number of hydrogen-bond donors (Lipinski definition) is 1. The van der Waals surface area contributed by atoms with Crippen molar-refractivity contribution in [2.24, 2.45) is 0 Å². The number of hydrogen-bond acceptors (Lipinski definition) is 2. The molecule has 0 bridgehead atoms. The van der Waals surface area contributed by atoms with Gasteiger partial charge in [0.1, 0.15) is 0 Å². The van der Waals surface area contributed by atoms with Crippen molar-refractivity contribution in [3.05, 3.63) is 35.9 Å². The highest BCUT2D eigenvalue weighted by Gasteiger charge is 1.98. The van der Waals surface area contributed by atoms with Gasteiger partial charge in [0.15, 0.2) is 0 Å². The van der Waals surface area contributed by atoms with Gasteiger partial charge in [0, 0.05) is 6.54 Å². The largest absolute Gasteiger partial charge is 0.302 e. The van der Waals surface area contributed by atoms with Crippen LogP contribution in [0.25, 0.3) is 0 Å². The molecular weight excluding hydrogens is 190 g/mol. The van der Waals surface area contributed by atoms with Gasteiger partial charge in [-0.15, -0.1) is 0 Å². The van der Waals surface area contributed by atoms with Gasteiger partial charge in [-0.3, -0.25) is 0 Å². The van der Waals surface area contributed by atoms with E-state index < -0.39 is 0 Å². The fraction of sp³-hybridized carbons (Fsp3) is 0.500. The van der Waals surface area contributed by atoms with Gasteiger partial charge in [-0.1, -0.05) is 30.3 Å². The molecule has 0 aliphatic carbocycles. The van der Waals surface area contributed by atoms with Crippen molar-refractivity contribution in [2.75, 3.05) is 19.3 Å². The maximum atomic E-state index is 4.20. The molecular formula is C12H19NS. The van der Waals surface area contributed by atoms with Crippen molar-refractivity contribution in [1.82, 2.24) is 4.90 Å². The molecule has 0 amide bonds. The first-order valence-electron chi connectivity index (χ1n) is 5.16. The van der Waals surface area contributed by atoms with Gasteiger partial charge in [0.2, 0.25) is 0 Å². The van der Waals surface area contributed by atoms with Crippen LogP contribution in [0, 0.1) is 0 Å². The fourth-order valence-electron chi connectivity index (χ4n) is 1.47. The van der Waals surface area contributed by atoms with Crippen LogP contribution >= 0.6 is 12.6 Å². The van der Waals surface area contributed by atoms with Crippen molar-refractivity contribution >= 4 is 12.6 Å². The summed E-state index contributed by atoms with van der Waals surface area (Å²) in [5.74, 6) is 0.999. The van der Waals surface area contributed by atoms with Crippen LogP contribution in [0.5, 0.6) is 0 Å². The lowest BCUT2D eigenvalue weighted by molar-refractivity contribution is 0.321. The second-order valence-electron chi connectivity index (χ2n) is 3.65. The molecule has 2 heteroatoms. The van der Waals surface area contributed by atoms with E-state index in [2.05, 4.69) is 54.9 Å². The van der Waals surface area contributed by atoms with E-state index in [1.807, 2.05) is 0 Å². The molecule has 14 heavy (non-hydrogen) atoms. The number of nitrogens with zero attached hydrogens (tertiary/aromatic N) is 1. The summed E-state index contributed by atoms with van der Waals surface area (Å²) in [7, 11) is 2.17. The maximum absolute atomic E-state index is 4.20. The first-order chi connectivity index (χ1) is 6.83. The highest BCUT2D eigenvalue weighted by molar-refractivity contribution is 7.80. The minimum Gasteiger partial charge on any atom is -0.302 e. The van der Waals surface area contributed by atoms with Crippen LogP contribution in [-0.2, 0) is 6.54 Å². The zero-order valence-electron chi connectivity index (χ0n) is 8.82. The highest BCUT2D eigenvalue weighted by atomic mass is 32.1. The summed E-state index contributed by atoms with van der Waals surface area (Å²) in [6.07, 6.45) is 2.45. The molecule has 0 N–H and O–H groups in total. The lowest BCUT2D eigenvalue weighted by atomic mass is 10.2. The van der Waals surface area contributed by atoms with Gasteiger partial charge < -0.3 is 4.90 Å². The molecule has 0 atom stereocenters. The SMILES string of the molecule is CN(CCCCS)Cc1ccccc1. The van der Waals surface area contributed by atoms with E-state index in [9.17, 15) is 0 Å². The first kappa shape index (κ1) is 11.6. The third-order valence-corrected chi connectivity index (χ3v) is 2.56. The Morgan fingerprint density at radius 1 is 1.14 bits per heavy atom. The maximum Gasteiger partial charge on any atom is 0.0230 e. The summed E-state index contributed by atoms with van der Waals surface area (Å²) in [5.41, 5.74) is 1.39. The van der Waals surface area contributed by atoms with Crippen LogP contribution in [0.1, 0.15) is 18.4 Å². The van der Waals surface area contributed by atoms with Crippen molar-refractivity contribution in [2.45, 2.75) is 19.4 Å². The van der Waals surface area contributed by atoms with E-state index >= 15 is 0 Å². The van der Waals surface area contributed by atoms with E-state index in [-0.39, 0.29) is 0 Å². The summed E-state index contributed by atoms with van der Waals surface area (Å²) >= 11 is 4.20. The molecule has 0 unspecified atom stereocenters. The zero-order valence-corrected chi connectivity index (χ0v) is 9.71. The lowest BCUT2D eigenvalue weighted by Gasteiger charge is -2.16. The Balaban J connectivity index is 2.23. The van der Waals surface area contributed by atoms with E-state index in [1.54, 1.807) is 0 Å². The quantitative estimate of drug-likeness (QED) is 0.557. The van der Waals surface area contributed by atoms with Gasteiger partial charge in [0.05, 0.1) is 0 Å². The fourth-order valence-corrected chi connectivity index (χ4v) is 1.69. The first-order valence-corrected chi connectivity index (χ1v) is 5.79. The minimum absolute atomic E-state index is 0.999. The molecule has 78 valence electrons. The molecule has 0 aliphatic rings.